The number of carbonyl (C=O) groups excluding carboxylic acids is 1. The van der Waals surface area contributed by atoms with Gasteiger partial charge in [0.25, 0.3) is 5.91 Å². The normalized spacial score (nSPS) is 14.0. The Morgan fingerprint density at radius 1 is 1.33 bits per heavy atom. The van der Waals surface area contributed by atoms with E-state index in [1.807, 2.05) is 0 Å². The molecule has 24 heavy (non-hydrogen) atoms. The molecule has 0 aliphatic heterocycles. The number of carbonyl (C=O) groups is 1. The number of benzene rings is 1. The highest BCUT2D eigenvalue weighted by molar-refractivity contribution is 5.93. The maximum atomic E-state index is 12.1. The lowest BCUT2D eigenvalue weighted by Gasteiger charge is -2.07. The number of imidazole rings is 1. The molecule has 1 amide bonds. The molecule has 1 fully saturated rings. The van der Waals surface area contributed by atoms with Gasteiger partial charge in [0.2, 0.25) is 0 Å². The van der Waals surface area contributed by atoms with Gasteiger partial charge in [-0.05, 0) is 42.7 Å². The summed E-state index contributed by atoms with van der Waals surface area (Å²) < 4.78 is 2.38. The third kappa shape index (κ3) is 2.77. The molecular weight excluding hydrogens is 300 g/mol. The van der Waals surface area contributed by atoms with Crippen molar-refractivity contribution in [3.63, 3.8) is 0 Å². The van der Waals surface area contributed by atoms with E-state index < -0.39 is 0 Å². The summed E-state index contributed by atoms with van der Waals surface area (Å²) in [5.41, 5.74) is 3.86. The molecule has 0 bridgehead atoms. The first-order valence-corrected chi connectivity index (χ1v) is 8.44. The van der Waals surface area contributed by atoms with Crippen LogP contribution >= 0.6 is 0 Å². The Kier molecular flexibility index (Phi) is 3.76. The summed E-state index contributed by atoms with van der Waals surface area (Å²) in [4.78, 5) is 20.9. The van der Waals surface area contributed by atoms with E-state index in [0.717, 1.165) is 23.3 Å². The summed E-state index contributed by atoms with van der Waals surface area (Å²) in [6.45, 7) is 2.64. The first kappa shape index (κ1) is 14.9. The van der Waals surface area contributed by atoms with Crippen molar-refractivity contribution in [1.82, 2.24) is 19.9 Å². The summed E-state index contributed by atoms with van der Waals surface area (Å²) in [7, 11) is 0. The van der Waals surface area contributed by atoms with Crippen LogP contribution in [0.4, 0.5) is 0 Å². The van der Waals surface area contributed by atoms with Crippen LogP contribution in [0.5, 0.6) is 0 Å². The fraction of sp³-hybridized carbons (Fsp3) is 0.316. The predicted molar refractivity (Wildman–Crippen MR) is 92.8 cm³/mol. The molecule has 122 valence electrons. The number of pyridine rings is 1. The van der Waals surface area contributed by atoms with E-state index in [0.29, 0.717) is 18.2 Å². The average Bonchev–Trinajstić information content (AvgIpc) is 3.40. The van der Waals surface area contributed by atoms with E-state index >= 15 is 0 Å². The molecular formula is C19H20N4O. The lowest BCUT2D eigenvalue weighted by Crippen LogP contribution is -2.22. The van der Waals surface area contributed by atoms with Crippen LogP contribution < -0.4 is 5.32 Å². The van der Waals surface area contributed by atoms with Crippen LogP contribution in [-0.2, 0) is 13.0 Å². The third-order valence-electron chi connectivity index (χ3n) is 4.43. The number of hydrogen-bond donors (Lipinski definition) is 1. The number of fused-ring (bicyclic) bond motifs is 1. The van der Waals surface area contributed by atoms with Crippen LogP contribution in [0.1, 0.15) is 47.6 Å². The zero-order valence-electron chi connectivity index (χ0n) is 13.7. The second-order valence-corrected chi connectivity index (χ2v) is 6.23. The summed E-state index contributed by atoms with van der Waals surface area (Å²) in [5, 5.41) is 2.94. The molecule has 4 rings (SSSR count). The summed E-state index contributed by atoms with van der Waals surface area (Å²) >= 11 is 0. The van der Waals surface area contributed by atoms with Crippen LogP contribution in [0.2, 0.25) is 0 Å². The minimum absolute atomic E-state index is 0.110. The molecule has 1 saturated carbocycles. The number of aromatic nitrogens is 3. The van der Waals surface area contributed by atoms with Crippen LogP contribution in [-0.4, -0.2) is 20.4 Å². The number of nitrogens with one attached hydrogen (secondary N) is 1. The second-order valence-electron chi connectivity index (χ2n) is 6.23. The fourth-order valence-electron chi connectivity index (χ4n) is 3.08. The van der Waals surface area contributed by atoms with Crippen molar-refractivity contribution in [3.05, 3.63) is 59.7 Å². The van der Waals surface area contributed by atoms with E-state index in [2.05, 4.69) is 40.0 Å². The Balaban J connectivity index is 1.54. The van der Waals surface area contributed by atoms with Crippen molar-refractivity contribution in [1.29, 1.82) is 0 Å². The van der Waals surface area contributed by atoms with Gasteiger partial charge in [-0.3, -0.25) is 9.78 Å². The topological polar surface area (TPSA) is 59.8 Å². The molecule has 0 atom stereocenters. The number of hydrogen-bond acceptors (Lipinski definition) is 3. The molecule has 3 aromatic rings. The number of aryl methyl sites for hydroxylation is 1. The molecule has 5 nitrogen and oxygen atoms in total. The highest BCUT2D eigenvalue weighted by Gasteiger charge is 2.27. The molecule has 0 unspecified atom stereocenters. The predicted octanol–water partition coefficient (Wildman–Crippen LogP) is 3.26. The molecule has 1 aliphatic carbocycles. The third-order valence-corrected chi connectivity index (χ3v) is 4.43. The van der Waals surface area contributed by atoms with Gasteiger partial charge in [0.05, 0.1) is 16.6 Å². The van der Waals surface area contributed by atoms with Gasteiger partial charge < -0.3 is 9.88 Å². The zero-order valence-corrected chi connectivity index (χ0v) is 13.7. The Bertz CT molecular complexity index is 881. The van der Waals surface area contributed by atoms with E-state index in [9.17, 15) is 4.79 Å². The van der Waals surface area contributed by atoms with Gasteiger partial charge in [0.1, 0.15) is 5.82 Å². The average molecular weight is 320 g/mol. The van der Waals surface area contributed by atoms with Gasteiger partial charge >= 0.3 is 0 Å². The maximum Gasteiger partial charge on any atom is 0.253 e. The Hall–Kier alpha value is -2.69. The van der Waals surface area contributed by atoms with Crippen molar-refractivity contribution >= 4 is 16.9 Å². The van der Waals surface area contributed by atoms with E-state index in [1.54, 1.807) is 24.5 Å². The maximum absolute atomic E-state index is 12.1. The minimum Gasteiger partial charge on any atom is -0.348 e. The fourth-order valence-corrected chi connectivity index (χ4v) is 3.08. The Morgan fingerprint density at radius 3 is 2.92 bits per heavy atom. The molecule has 5 heteroatoms. The van der Waals surface area contributed by atoms with E-state index in [4.69, 9.17) is 4.98 Å². The molecule has 0 radical (unpaired) electrons. The lowest BCUT2D eigenvalue weighted by molar-refractivity contribution is 0.0950. The summed E-state index contributed by atoms with van der Waals surface area (Å²) in [6.07, 6.45) is 6.68. The molecule has 1 N–H and O–H groups in total. The van der Waals surface area contributed by atoms with Gasteiger partial charge in [0, 0.05) is 31.4 Å². The van der Waals surface area contributed by atoms with Crippen molar-refractivity contribution < 1.29 is 4.79 Å². The summed E-state index contributed by atoms with van der Waals surface area (Å²) in [6, 6.07) is 10.4. The standard InChI is InChI=1S/C19H20N4O/c1-2-18-22-16-10-13(5-8-17(16)23(18)15-6-7-15)11-21-19(24)14-4-3-9-20-12-14/h3-5,8-10,12,15H,2,6-7,11H2,1H3,(H,21,24). The number of nitrogens with zero attached hydrogens (tertiary/aromatic N) is 3. The summed E-state index contributed by atoms with van der Waals surface area (Å²) in [5.74, 6) is 1.05. The molecule has 1 aromatic carbocycles. The van der Waals surface area contributed by atoms with Gasteiger partial charge in [-0.2, -0.15) is 0 Å². The van der Waals surface area contributed by atoms with Crippen molar-refractivity contribution in [2.75, 3.05) is 0 Å². The molecule has 0 spiro atoms. The second kappa shape index (κ2) is 6.07. The van der Waals surface area contributed by atoms with E-state index in [1.165, 1.54) is 18.4 Å². The van der Waals surface area contributed by atoms with Crippen LogP contribution in [0.15, 0.2) is 42.7 Å². The Morgan fingerprint density at radius 2 is 2.21 bits per heavy atom. The first-order valence-electron chi connectivity index (χ1n) is 8.44. The largest absolute Gasteiger partial charge is 0.348 e. The number of rotatable bonds is 5. The van der Waals surface area contributed by atoms with Crippen LogP contribution in [0.3, 0.4) is 0 Å². The Labute approximate surface area is 140 Å². The van der Waals surface area contributed by atoms with Gasteiger partial charge in [-0.15, -0.1) is 0 Å². The highest BCUT2D eigenvalue weighted by Crippen LogP contribution is 2.38. The lowest BCUT2D eigenvalue weighted by atomic mass is 10.2. The molecule has 2 heterocycles. The first-order chi connectivity index (χ1) is 11.8. The van der Waals surface area contributed by atoms with E-state index in [-0.39, 0.29) is 5.91 Å². The molecule has 0 saturated heterocycles. The molecule has 2 aromatic heterocycles. The van der Waals surface area contributed by atoms with Crippen LogP contribution in [0, 0.1) is 0 Å². The van der Waals surface area contributed by atoms with Gasteiger partial charge in [0.15, 0.2) is 0 Å². The van der Waals surface area contributed by atoms with Crippen molar-refractivity contribution in [3.8, 4) is 0 Å². The van der Waals surface area contributed by atoms with Gasteiger partial charge in [-0.25, -0.2) is 4.98 Å². The molecule has 1 aliphatic rings. The van der Waals surface area contributed by atoms with Crippen molar-refractivity contribution in [2.45, 2.75) is 38.8 Å². The monoisotopic (exact) mass is 320 g/mol. The van der Waals surface area contributed by atoms with Crippen LogP contribution in [0.25, 0.3) is 11.0 Å². The van der Waals surface area contributed by atoms with Gasteiger partial charge in [-0.1, -0.05) is 13.0 Å². The number of amides is 1. The SMILES string of the molecule is CCc1nc2cc(CNC(=O)c3cccnc3)ccc2n1C1CC1. The highest BCUT2D eigenvalue weighted by atomic mass is 16.1. The smallest absolute Gasteiger partial charge is 0.253 e. The minimum atomic E-state index is -0.110. The zero-order chi connectivity index (χ0) is 16.5. The van der Waals surface area contributed by atoms with Crippen molar-refractivity contribution in [2.24, 2.45) is 0 Å². The quantitative estimate of drug-likeness (QED) is 0.785.